The van der Waals surface area contributed by atoms with Crippen LogP contribution in [0.4, 0.5) is 8.78 Å². The van der Waals surface area contributed by atoms with Crippen LogP contribution in [0.15, 0.2) is 17.1 Å². The number of rotatable bonds is 4. The molecule has 1 unspecified atom stereocenters. The summed E-state index contributed by atoms with van der Waals surface area (Å²) in [6.45, 7) is 2.00. The molecule has 1 aromatic carbocycles. The Labute approximate surface area is 171 Å². The Morgan fingerprint density at radius 3 is 2.53 bits per heavy atom. The average molecular weight is 418 g/mol. The van der Waals surface area contributed by atoms with Gasteiger partial charge in [0, 0.05) is 23.7 Å². The molecular weight excluding hydrogens is 394 g/mol. The summed E-state index contributed by atoms with van der Waals surface area (Å²) < 4.78 is 36.4. The van der Waals surface area contributed by atoms with Gasteiger partial charge in [-0.1, -0.05) is 0 Å². The lowest BCUT2D eigenvalue weighted by atomic mass is 9.87. The summed E-state index contributed by atoms with van der Waals surface area (Å²) >= 11 is 0. The molecule has 4 atom stereocenters. The van der Waals surface area contributed by atoms with Gasteiger partial charge in [0.2, 0.25) is 5.43 Å². The SMILES string of the molecule is COc1c(C2CC3(CC3)[C@@](C)(N)C2)c(F)cc2c(=O)c(C(=O)O)cn([C@@H]3C[C@@H]3F)c12. The molecule has 3 aliphatic rings. The van der Waals surface area contributed by atoms with Crippen LogP contribution in [0.5, 0.6) is 5.75 Å². The molecule has 2 aromatic rings. The zero-order chi connectivity index (χ0) is 21.6. The molecular formula is C22H24F2N2O4. The highest BCUT2D eigenvalue weighted by Gasteiger charge is 2.61. The minimum absolute atomic E-state index is 0.00255. The van der Waals surface area contributed by atoms with Gasteiger partial charge in [-0.3, -0.25) is 4.79 Å². The number of pyridine rings is 1. The number of benzene rings is 1. The summed E-state index contributed by atoms with van der Waals surface area (Å²) in [5, 5.41) is 9.31. The van der Waals surface area contributed by atoms with E-state index in [2.05, 4.69) is 0 Å². The molecule has 3 fully saturated rings. The van der Waals surface area contributed by atoms with Crippen LogP contribution < -0.4 is 15.9 Å². The van der Waals surface area contributed by atoms with Gasteiger partial charge in [0.15, 0.2) is 0 Å². The molecule has 3 N–H and O–H groups in total. The summed E-state index contributed by atoms with van der Waals surface area (Å²) in [6.07, 6.45) is 3.54. The molecule has 0 saturated heterocycles. The summed E-state index contributed by atoms with van der Waals surface area (Å²) in [4.78, 5) is 24.3. The summed E-state index contributed by atoms with van der Waals surface area (Å²) in [5.74, 6) is -2.06. The number of aromatic carboxylic acids is 1. The minimum atomic E-state index is -1.43. The molecule has 30 heavy (non-hydrogen) atoms. The fourth-order valence-electron chi connectivity index (χ4n) is 5.54. The van der Waals surface area contributed by atoms with Gasteiger partial charge in [0.25, 0.3) is 0 Å². The zero-order valence-corrected chi connectivity index (χ0v) is 16.9. The van der Waals surface area contributed by atoms with Crippen LogP contribution in [0, 0.1) is 11.2 Å². The van der Waals surface area contributed by atoms with Gasteiger partial charge in [-0.25, -0.2) is 13.6 Å². The van der Waals surface area contributed by atoms with Crippen LogP contribution in [-0.4, -0.2) is 34.5 Å². The molecule has 3 aliphatic carbocycles. The number of aromatic nitrogens is 1. The molecule has 0 amide bonds. The summed E-state index contributed by atoms with van der Waals surface area (Å²) in [5.41, 5.74) is 5.41. The topological polar surface area (TPSA) is 94.6 Å². The molecule has 0 bridgehead atoms. The van der Waals surface area contributed by atoms with Crippen LogP contribution >= 0.6 is 0 Å². The number of alkyl halides is 1. The number of nitrogens with zero attached hydrogens (tertiary/aromatic N) is 1. The normalized spacial score (nSPS) is 31.3. The third-order valence-corrected chi connectivity index (χ3v) is 7.51. The van der Waals surface area contributed by atoms with Crippen LogP contribution in [0.25, 0.3) is 10.9 Å². The Kier molecular flexibility index (Phi) is 3.92. The molecule has 5 rings (SSSR count). The third-order valence-electron chi connectivity index (χ3n) is 7.51. The average Bonchev–Trinajstić information content (AvgIpc) is 3.57. The number of nitrogens with two attached hydrogens (primary N) is 1. The Morgan fingerprint density at radius 2 is 2.03 bits per heavy atom. The highest BCUT2D eigenvalue weighted by molar-refractivity contribution is 5.95. The highest BCUT2D eigenvalue weighted by Crippen LogP contribution is 2.66. The first-order chi connectivity index (χ1) is 14.1. The van der Waals surface area contributed by atoms with Gasteiger partial charge in [0.1, 0.15) is 23.3 Å². The van der Waals surface area contributed by atoms with Crippen LogP contribution in [0.2, 0.25) is 0 Å². The lowest BCUT2D eigenvalue weighted by molar-refractivity contribution is 0.0694. The van der Waals surface area contributed by atoms with Crippen LogP contribution in [0.3, 0.4) is 0 Å². The van der Waals surface area contributed by atoms with Crippen molar-refractivity contribution in [2.75, 3.05) is 7.11 Å². The number of halogens is 2. The van der Waals surface area contributed by atoms with E-state index in [1.54, 1.807) is 0 Å². The maximum atomic E-state index is 15.4. The number of carboxylic acids is 1. The van der Waals surface area contributed by atoms with E-state index < -0.39 is 40.5 Å². The van der Waals surface area contributed by atoms with Gasteiger partial charge in [0.05, 0.1) is 24.1 Å². The lowest BCUT2D eigenvalue weighted by Crippen LogP contribution is -2.41. The number of hydrogen-bond donors (Lipinski definition) is 2. The van der Waals surface area contributed by atoms with E-state index in [-0.39, 0.29) is 34.4 Å². The Bertz CT molecular complexity index is 1150. The molecule has 3 saturated carbocycles. The largest absolute Gasteiger partial charge is 0.494 e. The molecule has 0 radical (unpaired) electrons. The van der Waals surface area contributed by atoms with Gasteiger partial charge >= 0.3 is 5.97 Å². The van der Waals surface area contributed by atoms with Gasteiger partial charge in [-0.15, -0.1) is 0 Å². The van der Waals surface area contributed by atoms with E-state index in [0.29, 0.717) is 12.0 Å². The number of carboxylic acid groups (broad SMARTS) is 1. The van der Waals surface area contributed by atoms with Crippen LogP contribution in [0.1, 0.15) is 66.9 Å². The van der Waals surface area contributed by atoms with E-state index in [4.69, 9.17) is 10.5 Å². The predicted molar refractivity (Wildman–Crippen MR) is 106 cm³/mol. The maximum Gasteiger partial charge on any atom is 0.341 e. The van der Waals surface area contributed by atoms with E-state index in [1.165, 1.54) is 11.7 Å². The zero-order valence-electron chi connectivity index (χ0n) is 16.9. The summed E-state index contributed by atoms with van der Waals surface area (Å²) in [6, 6.07) is 0.483. The fourth-order valence-corrected chi connectivity index (χ4v) is 5.54. The predicted octanol–water partition coefficient (Wildman–Crippen LogP) is 3.51. The van der Waals surface area contributed by atoms with Crippen molar-refractivity contribution in [3.05, 3.63) is 39.4 Å². The first kappa shape index (κ1) is 19.5. The van der Waals surface area contributed by atoms with Crippen molar-refractivity contribution < 1.29 is 23.4 Å². The van der Waals surface area contributed by atoms with Crippen molar-refractivity contribution in [1.82, 2.24) is 4.57 Å². The maximum absolute atomic E-state index is 15.4. The molecule has 1 heterocycles. The minimum Gasteiger partial charge on any atom is -0.494 e. The first-order valence-corrected chi connectivity index (χ1v) is 10.2. The van der Waals surface area contributed by atoms with Crippen molar-refractivity contribution >= 4 is 16.9 Å². The standard InChI is InChI=1S/C22H24F2N2O4/c1-21(25)7-10(8-22(21)3-4-22)16-14(24)5-11-17(19(16)30-2)26(15-6-13(15)23)9-12(18(11)27)20(28)29/h5,9-10,13,15H,3-4,6-8,25H2,1-2H3,(H,28,29)/t10?,13-,15+,21-/m0/s1. The van der Waals surface area contributed by atoms with E-state index in [1.807, 2.05) is 6.92 Å². The fraction of sp³-hybridized carbons (Fsp3) is 0.545. The second-order valence-electron chi connectivity index (χ2n) is 9.41. The van der Waals surface area contributed by atoms with E-state index >= 15 is 4.39 Å². The number of ether oxygens (including phenoxy) is 1. The molecule has 8 heteroatoms. The second-order valence-corrected chi connectivity index (χ2v) is 9.41. The first-order valence-electron chi connectivity index (χ1n) is 10.2. The van der Waals surface area contributed by atoms with Gasteiger partial charge < -0.3 is 20.1 Å². The third kappa shape index (κ3) is 2.55. The summed E-state index contributed by atoms with van der Waals surface area (Å²) in [7, 11) is 1.39. The van der Waals surface area contributed by atoms with Crippen LogP contribution in [-0.2, 0) is 0 Å². The molecule has 1 spiro atoms. The van der Waals surface area contributed by atoms with Crippen molar-refractivity contribution in [3.8, 4) is 5.75 Å². The van der Waals surface area contributed by atoms with Crippen molar-refractivity contribution in [2.45, 2.75) is 62.7 Å². The number of methoxy groups -OCH3 is 1. The quantitative estimate of drug-likeness (QED) is 0.793. The molecule has 0 aliphatic heterocycles. The van der Waals surface area contributed by atoms with E-state index in [0.717, 1.165) is 31.5 Å². The molecule has 6 nitrogen and oxygen atoms in total. The molecule has 160 valence electrons. The van der Waals surface area contributed by atoms with E-state index in [9.17, 15) is 19.1 Å². The van der Waals surface area contributed by atoms with Gasteiger partial charge in [-0.2, -0.15) is 0 Å². The van der Waals surface area contributed by atoms with Crippen molar-refractivity contribution in [2.24, 2.45) is 11.1 Å². The second kappa shape index (κ2) is 6.03. The Hall–Kier alpha value is -2.48. The number of carbonyl (C=O) groups is 1. The lowest BCUT2D eigenvalue weighted by Gasteiger charge is -2.26. The van der Waals surface area contributed by atoms with Crippen molar-refractivity contribution in [1.29, 1.82) is 0 Å². The number of hydrogen-bond acceptors (Lipinski definition) is 4. The Morgan fingerprint density at radius 1 is 1.37 bits per heavy atom. The molecule has 1 aromatic heterocycles. The smallest absolute Gasteiger partial charge is 0.341 e. The monoisotopic (exact) mass is 418 g/mol. The van der Waals surface area contributed by atoms with Crippen molar-refractivity contribution in [3.63, 3.8) is 0 Å². The Balaban J connectivity index is 1.78. The van der Waals surface area contributed by atoms with Gasteiger partial charge in [-0.05, 0) is 50.0 Å². The highest BCUT2D eigenvalue weighted by atomic mass is 19.1. The number of fused-ring (bicyclic) bond motifs is 1.